The van der Waals surface area contributed by atoms with Gasteiger partial charge in [-0.2, -0.15) is 0 Å². The molecule has 0 fully saturated rings. The van der Waals surface area contributed by atoms with Crippen LogP contribution in [0.25, 0.3) is 33.7 Å². The molecule has 0 aliphatic rings. The highest BCUT2D eigenvalue weighted by atomic mass is 32.1. The summed E-state index contributed by atoms with van der Waals surface area (Å²) in [6.07, 6.45) is 0. The summed E-state index contributed by atoms with van der Waals surface area (Å²) in [5, 5.41) is 0. The predicted molar refractivity (Wildman–Crippen MR) is 109 cm³/mol. The van der Waals surface area contributed by atoms with Gasteiger partial charge in [0.15, 0.2) is 15.9 Å². The third kappa shape index (κ3) is 3.25. The Morgan fingerprint density at radius 1 is 0.786 bits per heavy atom. The van der Waals surface area contributed by atoms with Crippen LogP contribution in [0.2, 0.25) is 0 Å². The number of hydrogen-bond donors (Lipinski definition) is 2. The maximum Gasteiger partial charge on any atom is 0.279 e. The van der Waals surface area contributed by atoms with Gasteiger partial charge in [-0.25, -0.2) is 9.97 Å². The third-order valence-electron chi connectivity index (χ3n) is 4.30. The fourth-order valence-corrected chi connectivity index (χ4v) is 3.07. The monoisotopic (exact) mass is 392 g/mol. The van der Waals surface area contributed by atoms with Crippen molar-refractivity contribution in [2.75, 3.05) is 14.2 Å². The van der Waals surface area contributed by atoms with Crippen LogP contribution in [0.3, 0.4) is 0 Å². The molecule has 0 radical (unpaired) electrons. The topological polar surface area (TPSA) is 92.9 Å². The second-order valence-corrected chi connectivity index (χ2v) is 6.39. The van der Waals surface area contributed by atoms with Gasteiger partial charge in [0.25, 0.3) is 5.56 Å². The zero-order valence-corrected chi connectivity index (χ0v) is 16.0. The average Bonchev–Trinajstić information content (AvgIpc) is 2.73. The normalized spacial score (nSPS) is 10.8. The molecule has 2 N–H and O–H groups in total. The summed E-state index contributed by atoms with van der Waals surface area (Å²) in [5.41, 5.74) is 2.98. The van der Waals surface area contributed by atoms with E-state index in [-0.39, 0.29) is 15.8 Å². The Morgan fingerprint density at radius 3 is 1.79 bits per heavy atom. The summed E-state index contributed by atoms with van der Waals surface area (Å²) in [6.45, 7) is 0. The summed E-state index contributed by atoms with van der Waals surface area (Å²) in [5.74, 6) is 1.46. The van der Waals surface area contributed by atoms with Crippen LogP contribution in [0.1, 0.15) is 0 Å². The number of nitrogens with zero attached hydrogens (tertiary/aromatic N) is 2. The number of fused-ring (bicyclic) bond motifs is 1. The molecule has 0 bridgehead atoms. The maximum atomic E-state index is 12.3. The van der Waals surface area contributed by atoms with Gasteiger partial charge in [0.05, 0.1) is 25.6 Å². The Bertz CT molecular complexity index is 1260. The lowest BCUT2D eigenvalue weighted by Gasteiger charge is -2.11. The third-order valence-corrected chi connectivity index (χ3v) is 4.50. The SMILES string of the molecule is COc1ccc(-c2nc3[nH]c(=S)[nH]c(=O)c3nc2-c2ccc(OC)cc2)cc1. The molecule has 0 aliphatic heterocycles. The van der Waals surface area contributed by atoms with E-state index in [2.05, 4.69) is 19.9 Å². The first-order valence-corrected chi connectivity index (χ1v) is 8.83. The number of benzene rings is 2. The fourth-order valence-electron chi connectivity index (χ4n) is 2.88. The van der Waals surface area contributed by atoms with E-state index in [1.807, 2.05) is 48.5 Å². The van der Waals surface area contributed by atoms with Crippen molar-refractivity contribution in [3.05, 3.63) is 63.7 Å². The number of nitrogens with one attached hydrogen (secondary N) is 2. The number of hydrogen-bond acceptors (Lipinski definition) is 6. The molecule has 0 saturated carbocycles. The maximum absolute atomic E-state index is 12.3. The number of H-pyrrole nitrogens is 2. The van der Waals surface area contributed by atoms with Crippen LogP contribution in [0.5, 0.6) is 11.5 Å². The first kappa shape index (κ1) is 17.9. The van der Waals surface area contributed by atoms with Gasteiger partial charge in [0.2, 0.25) is 0 Å². The van der Waals surface area contributed by atoms with Gasteiger partial charge >= 0.3 is 0 Å². The minimum absolute atomic E-state index is 0.191. The van der Waals surface area contributed by atoms with Gasteiger partial charge in [-0.05, 0) is 60.7 Å². The number of methoxy groups -OCH3 is 2. The van der Waals surface area contributed by atoms with Gasteiger partial charge in [-0.1, -0.05) is 0 Å². The fraction of sp³-hybridized carbons (Fsp3) is 0.100. The molecule has 0 atom stereocenters. The van der Waals surface area contributed by atoms with Crippen molar-refractivity contribution in [3.63, 3.8) is 0 Å². The van der Waals surface area contributed by atoms with E-state index in [0.717, 1.165) is 22.6 Å². The Balaban J connectivity index is 2.00. The Kier molecular flexibility index (Phi) is 4.62. The smallest absolute Gasteiger partial charge is 0.279 e. The summed E-state index contributed by atoms with van der Waals surface area (Å²) >= 11 is 5.06. The first-order chi connectivity index (χ1) is 13.6. The van der Waals surface area contributed by atoms with Crippen LogP contribution >= 0.6 is 12.2 Å². The van der Waals surface area contributed by atoms with Crippen LogP contribution in [-0.2, 0) is 0 Å². The van der Waals surface area contributed by atoms with E-state index in [1.54, 1.807) is 14.2 Å². The summed E-state index contributed by atoms with van der Waals surface area (Å²) in [4.78, 5) is 27.1. The molecule has 140 valence electrons. The number of rotatable bonds is 4. The Labute approximate surface area is 165 Å². The van der Waals surface area contributed by atoms with Crippen LogP contribution in [-0.4, -0.2) is 34.2 Å². The highest BCUT2D eigenvalue weighted by Gasteiger charge is 2.15. The second kappa shape index (κ2) is 7.24. The van der Waals surface area contributed by atoms with Gasteiger partial charge in [-0.15, -0.1) is 0 Å². The van der Waals surface area contributed by atoms with Crippen molar-refractivity contribution in [2.24, 2.45) is 0 Å². The molecular weight excluding hydrogens is 376 g/mol. The molecule has 4 rings (SSSR count). The average molecular weight is 392 g/mol. The molecule has 0 aliphatic carbocycles. The van der Waals surface area contributed by atoms with Crippen molar-refractivity contribution < 1.29 is 9.47 Å². The molecule has 8 heteroatoms. The number of aromatic amines is 2. The van der Waals surface area contributed by atoms with Gasteiger partial charge < -0.3 is 14.5 Å². The first-order valence-electron chi connectivity index (χ1n) is 8.42. The lowest BCUT2D eigenvalue weighted by molar-refractivity contribution is 0.414. The lowest BCUT2D eigenvalue weighted by atomic mass is 10.0. The molecule has 4 aromatic rings. The van der Waals surface area contributed by atoms with Crippen LogP contribution in [0.4, 0.5) is 0 Å². The van der Waals surface area contributed by atoms with E-state index < -0.39 is 0 Å². The molecule has 2 aromatic carbocycles. The van der Waals surface area contributed by atoms with Crippen LogP contribution < -0.4 is 15.0 Å². The van der Waals surface area contributed by atoms with E-state index >= 15 is 0 Å². The highest BCUT2D eigenvalue weighted by molar-refractivity contribution is 7.71. The van der Waals surface area contributed by atoms with Gasteiger partial charge in [0, 0.05) is 11.1 Å². The van der Waals surface area contributed by atoms with Crippen molar-refractivity contribution in [2.45, 2.75) is 0 Å². The number of ether oxygens (including phenoxy) is 2. The second-order valence-electron chi connectivity index (χ2n) is 5.98. The van der Waals surface area contributed by atoms with Crippen molar-refractivity contribution in [3.8, 4) is 34.0 Å². The van der Waals surface area contributed by atoms with E-state index in [9.17, 15) is 4.79 Å². The zero-order valence-electron chi connectivity index (χ0n) is 15.1. The predicted octanol–water partition coefficient (Wildman–Crippen LogP) is 3.73. The molecule has 0 spiro atoms. The van der Waals surface area contributed by atoms with Gasteiger partial charge in [-0.3, -0.25) is 9.78 Å². The Morgan fingerprint density at radius 2 is 1.29 bits per heavy atom. The number of aromatic nitrogens is 4. The minimum atomic E-state index is -0.387. The molecular formula is C20H16N4O3S. The highest BCUT2D eigenvalue weighted by Crippen LogP contribution is 2.31. The van der Waals surface area contributed by atoms with Crippen molar-refractivity contribution >= 4 is 23.4 Å². The standard InChI is InChI=1S/C20H16N4O3S/c1-26-13-7-3-11(4-8-13)15-16(12-5-9-14(27-2)10-6-12)22-18-17(21-15)19(25)24-20(28)23-18/h3-10H,1-2H3,(H2,22,23,24,25,28). The molecule has 2 aromatic heterocycles. The summed E-state index contributed by atoms with van der Waals surface area (Å²) in [6, 6.07) is 14.9. The van der Waals surface area contributed by atoms with Gasteiger partial charge in [0.1, 0.15) is 11.5 Å². The quantitative estimate of drug-likeness (QED) is 0.514. The van der Waals surface area contributed by atoms with E-state index in [0.29, 0.717) is 17.0 Å². The summed E-state index contributed by atoms with van der Waals surface area (Å²) in [7, 11) is 3.22. The molecule has 28 heavy (non-hydrogen) atoms. The molecule has 0 unspecified atom stereocenters. The minimum Gasteiger partial charge on any atom is -0.497 e. The van der Waals surface area contributed by atoms with E-state index in [1.165, 1.54) is 0 Å². The van der Waals surface area contributed by atoms with Crippen LogP contribution in [0, 0.1) is 4.77 Å². The van der Waals surface area contributed by atoms with Crippen molar-refractivity contribution in [1.82, 2.24) is 19.9 Å². The van der Waals surface area contributed by atoms with Crippen LogP contribution in [0.15, 0.2) is 53.3 Å². The molecule has 2 heterocycles. The zero-order chi connectivity index (χ0) is 19.7. The van der Waals surface area contributed by atoms with Crippen molar-refractivity contribution in [1.29, 1.82) is 0 Å². The molecule has 7 nitrogen and oxygen atoms in total. The largest absolute Gasteiger partial charge is 0.497 e. The summed E-state index contributed by atoms with van der Waals surface area (Å²) < 4.78 is 10.7. The molecule has 0 saturated heterocycles. The van der Waals surface area contributed by atoms with E-state index in [4.69, 9.17) is 21.7 Å². The Hall–Kier alpha value is -3.52. The molecule has 0 amide bonds. The lowest BCUT2D eigenvalue weighted by Crippen LogP contribution is -2.12.